The molecule has 0 aliphatic carbocycles. The maximum Gasteiger partial charge on any atom is 0.345 e. The average molecular weight is 378 g/mol. The molecule has 0 radical (unpaired) electrons. The molecule has 0 unspecified atom stereocenters. The molecule has 5 heteroatoms. The number of carboxylic acids is 1. The van der Waals surface area contributed by atoms with Crippen LogP contribution < -0.4 is 14.2 Å². The van der Waals surface area contributed by atoms with Gasteiger partial charge in [-0.05, 0) is 34.9 Å². The maximum absolute atomic E-state index is 11.7. The van der Waals surface area contributed by atoms with Gasteiger partial charge in [0.2, 0.25) is 0 Å². The predicted molar refractivity (Wildman–Crippen MR) is 107 cm³/mol. The molecule has 5 nitrogen and oxygen atoms in total. The van der Waals surface area contributed by atoms with Crippen LogP contribution >= 0.6 is 0 Å². The number of hydrogen-bond donors (Lipinski definition) is 1. The molecule has 0 spiro atoms. The zero-order valence-corrected chi connectivity index (χ0v) is 15.8. The van der Waals surface area contributed by atoms with Gasteiger partial charge in [-0.25, -0.2) is 4.79 Å². The summed E-state index contributed by atoms with van der Waals surface area (Å²) in [6.07, 6.45) is -0.868. The van der Waals surface area contributed by atoms with Crippen LogP contribution in [-0.2, 0) is 11.2 Å². The van der Waals surface area contributed by atoms with Crippen molar-refractivity contribution in [3.63, 3.8) is 0 Å². The summed E-state index contributed by atoms with van der Waals surface area (Å²) in [6, 6.07) is 22.6. The van der Waals surface area contributed by atoms with Gasteiger partial charge in [0.05, 0.1) is 14.2 Å². The Kier molecular flexibility index (Phi) is 6.17. The van der Waals surface area contributed by atoms with Gasteiger partial charge in [0.1, 0.15) is 17.2 Å². The first-order valence-electron chi connectivity index (χ1n) is 8.86. The normalized spacial score (nSPS) is 11.5. The molecule has 1 N–H and O–H groups in total. The fraction of sp³-hybridized carbons (Fsp3) is 0.174. The molecule has 3 aromatic rings. The first-order valence-corrected chi connectivity index (χ1v) is 8.86. The van der Waals surface area contributed by atoms with Gasteiger partial charge in [-0.15, -0.1) is 0 Å². The minimum Gasteiger partial charge on any atom is -0.497 e. The van der Waals surface area contributed by atoms with E-state index >= 15 is 0 Å². The van der Waals surface area contributed by atoms with E-state index in [9.17, 15) is 9.90 Å². The third-order valence-corrected chi connectivity index (χ3v) is 4.41. The lowest BCUT2D eigenvalue weighted by molar-refractivity contribution is -0.145. The molecule has 144 valence electrons. The molecule has 3 aromatic carbocycles. The van der Waals surface area contributed by atoms with Crippen molar-refractivity contribution in [3.8, 4) is 28.4 Å². The van der Waals surface area contributed by atoms with Gasteiger partial charge in [-0.1, -0.05) is 48.5 Å². The van der Waals surface area contributed by atoms with Crippen molar-refractivity contribution >= 4 is 5.97 Å². The fourth-order valence-corrected chi connectivity index (χ4v) is 2.92. The Bertz CT molecular complexity index is 919. The van der Waals surface area contributed by atoms with Gasteiger partial charge in [0.25, 0.3) is 0 Å². The third-order valence-electron chi connectivity index (χ3n) is 4.41. The number of benzene rings is 3. The van der Waals surface area contributed by atoms with Crippen molar-refractivity contribution in [1.82, 2.24) is 0 Å². The molecule has 0 aliphatic rings. The van der Waals surface area contributed by atoms with Crippen LogP contribution in [0.3, 0.4) is 0 Å². The smallest absolute Gasteiger partial charge is 0.345 e. The minimum absolute atomic E-state index is 0.170. The van der Waals surface area contributed by atoms with Crippen molar-refractivity contribution in [2.75, 3.05) is 14.2 Å². The molecule has 0 heterocycles. The van der Waals surface area contributed by atoms with Crippen LogP contribution in [0.15, 0.2) is 72.8 Å². The summed E-state index contributed by atoms with van der Waals surface area (Å²) in [5, 5.41) is 9.60. The summed E-state index contributed by atoms with van der Waals surface area (Å²) in [6.45, 7) is 0. The molecule has 0 saturated carbocycles. The van der Waals surface area contributed by atoms with E-state index in [2.05, 4.69) is 0 Å². The van der Waals surface area contributed by atoms with Gasteiger partial charge >= 0.3 is 5.97 Å². The molecule has 1 atom stereocenters. The van der Waals surface area contributed by atoms with Crippen molar-refractivity contribution < 1.29 is 24.1 Å². The fourth-order valence-electron chi connectivity index (χ4n) is 2.92. The van der Waals surface area contributed by atoms with Crippen LogP contribution in [0.1, 0.15) is 5.56 Å². The number of aliphatic carboxylic acids is 1. The van der Waals surface area contributed by atoms with Crippen LogP contribution in [0.5, 0.6) is 17.2 Å². The zero-order valence-electron chi connectivity index (χ0n) is 15.8. The second-order valence-electron chi connectivity index (χ2n) is 6.22. The van der Waals surface area contributed by atoms with Crippen molar-refractivity contribution in [3.05, 3.63) is 78.4 Å². The van der Waals surface area contributed by atoms with Crippen molar-refractivity contribution in [1.29, 1.82) is 0 Å². The standard InChI is InChI=1S/C23H22O5/c1-26-20-13-10-18(21(15-20)27-2)14-22(23(24)25)28-19-11-8-17(9-12-19)16-6-4-3-5-7-16/h3-13,15,22H,14H2,1-2H3,(H,24,25)/t22-/m1/s1. The van der Waals surface area contributed by atoms with E-state index < -0.39 is 12.1 Å². The molecule has 0 bridgehead atoms. The second-order valence-corrected chi connectivity index (χ2v) is 6.22. The Hall–Kier alpha value is -3.47. The van der Waals surface area contributed by atoms with Gasteiger partial charge in [-0.2, -0.15) is 0 Å². The van der Waals surface area contributed by atoms with E-state index in [1.807, 2.05) is 42.5 Å². The Morgan fingerprint density at radius 3 is 2.11 bits per heavy atom. The second kappa shape index (κ2) is 8.95. The van der Waals surface area contributed by atoms with Gasteiger partial charge in [0, 0.05) is 12.5 Å². The first-order chi connectivity index (χ1) is 13.6. The lowest BCUT2D eigenvalue weighted by Gasteiger charge is -2.17. The van der Waals surface area contributed by atoms with Crippen molar-refractivity contribution in [2.45, 2.75) is 12.5 Å². The van der Waals surface area contributed by atoms with E-state index in [-0.39, 0.29) is 6.42 Å². The summed E-state index contributed by atoms with van der Waals surface area (Å²) in [7, 11) is 3.11. The molecule has 28 heavy (non-hydrogen) atoms. The predicted octanol–water partition coefficient (Wildman–Crippen LogP) is 4.45. The molecule has 0 saturated heterocycles. The highest BCUT2D eigenvalue weighted by molar-refractivity contribution is 5.73. The van der Waals surface area contributed by atoms with Crippen molar-refractivity contribution in [2.24, 2.45) is 0 Å². The number of methoxy groups -OCH3 is 2. The summed E-state index contributed by atoms with van der Waals surface area (Å²) >= 11 is 0. The largest absolute Gasteiger partial charge is 0.497 e. The van der Waals surface area contributed by atoms with E-state index in [0.717, 1.165) is 16.7 Å². The van der Waals surface area contributed by atoms with Gasteiger partial charge in [-0.3, -0.25) is 0 Å². The lowest BCUT2D eigenvalue weighted by Crippen LogP contribution is -2.29. The number of ether oxygens (including phenoxy) is 3. The number of rotatable bonds is 8. The van der Waals surface area contributed by atoms with E-state index in [1.165, 1.54) is 7.11 Å². The Morgan fingerprint density at radius 1 is 0.857 bits per heavy atom. The van der Waals surface area contributed by atoms with Crippen LogP contribution in [-0.4, -0.2) is 31.4 Å². The molecule has 3 rings (SSSR count). The average Bonchev–Trinajstić information content (AvgIpc) is 2.74. The molecule has 0 aromatic heterocycles. The van der Waals surface area contributed by atoms with E-state index in [4.69, 9.17) is 14.2 Å². The molecule has 0 amide bonds. The van der Waals surface area contributed by atoms with E-state index in [0.29, 0.717) is 17.2 Å². The summed E-state index contributed by atoms with van der Waals surface area (Å²) < 4.78 is 16.3. The van der Waals surface area contributed by atoms with Crippen LogP contribution in [0.25, 0.3) is 11.1 Å². The molecular weight excluding hydrogens is 356 g/mol. The number of carboxylic acid groups (broad SMARTS) is 1. The topological polar surface area (TPSA) is 65.0 Å². The quantitative estimate of drug-likeness (QED) is 0.628. The van der Waals surface area contributed by atoms with Crippen LogP contribution in [0, 0.1) is 0 Å². The number of carbonyl (C=O) groups is 1. The molecular formula is C23H22O5. The first kappa shape index (κ1) is 19.3. The third kappa shape index (κ3) is 4.62. The van der Waals surface area contributed by atoms with Crippen LogP contribution in [0.4, 0.5) is 0 Å². The Labute approximate surface area is 164 Å². The van der Waals surface area contributed by atoms with Crippen LogP contribution in [0.2, 0.25) is 0 Å². The lowest BCUT2D eigenvalue weighted by atomic mass is 10.1. The van der Waals surface area contributed by atoms with Gasteiger partial charge < -0.3 is 19.3 Å². The van der Waals surface area contributed by atoms with E-state index in [1.54, 1.807) is 37.4 Å². The summed E-state index contributed by atoms with van der Waals surface area (Å²) in [4.78, 5) is 11.7. The summed E-state index contributed by atoms with van der Waals surface area (Å²) in [5.41, 5.74) is 2.86. The highest BCUT2D eigenvalue weighted by Crippen LogP contribution is 2.27. The van der Waals surface area contributed by atoms with Gasteiger partial charge in [0.15, 0.2) is 6.10 Å². The highest BCUT2D eigenvalue weighted by Gasteiger charge is 2.22. The summed E-state index contributed by atoms with van der Waals surface area (Å²) in [5.74, 6) is 0.670. The Balaban J connectivity index is 1.76. The Morgan fingerprint density at radius 2 is 1.50 bits per heavy atom. The highest BCUT2D eigenvalue weighted by atomic mass is 16.5. The minimum atomic E-state index is -1.04. The molecule has 0 fully saturated rings. The SMILES string of the molecule is COc1ccc(C[C@@H](Oc2ccc(-c3ccccc3)cc2)C(=O)O)c(OC)c1. The monoisotopic (exact) mass is 378 g/mol. The number of hydrogen-bond acceptors (Lipinski definition) is 4. The maximum atomic E-state index is 11.7. The molecule has 0 aliphatic heterocycles. The zero-order chi connectivity index (χ0) is 19.9.